The minimum Gasteiger partial charge on any atom is -0.484 e. The summed E-state index contributed by atoms with van der Waals surface area (Å²) >= 11 is 0. The van der Waals surface area contributed by atoms with Gasteiger partial charge in [-0.3, -0.25) is 9.59 Å². The minimum atomic E-state index is -0.750. The number of para-hydroxylation sites is 1. The average Bonchev–Trinajstić information content (AvgIpc) is 2.83. The molecule has 2 amide bonds. The van der Waals surface area contributed by atoms with Crippen LogP contribution in [0, 0.1) is 0 Å². The molecule has 0 heterocycles. The lowest BCUT2D eigenvalue weighted by Crippen LogP contribution is -2.45. The standard InChI is InChI=1S/C26H28N2O3/c1-2-18-27-26(30)25(22-14-8-4-9-15-22)28(19-21-12-6-3-7-13-21)24(29)20-31-23-16-10-5-11-17-23/h3-17,25H,2,18-20H2,1H3,(H,27,30)/t25-/m0/s1. The van der Waals surface area contributed by atoms with E-state index in [2.05, 4.69) is 5.32 Å². The molecule has 31 heavy (non-hydrogen) atoms. The largest absolute Gasteiger partial charge is 0.484 e. The molecule has 0 saturated heterocycles. The second-order valence-corrected chi connectivity index (χ2v) is 7.21. The van der Waals surface area contributed by atoms with Gasteiger partial charge in [0.2, 0.25) is 5.91 Å². The molecule has 3 aromatic rings. The first kappa shape index (κ1) is 22.1. The van der Waals surface area contributed by atoms with Crippen LogP contribution in [0.25, 0.3) is 0 Å². The van der Waals surface area contributed by atoms with Crippen molar-refractivity contribution in [1.82, 2.24) is 10.2 Å². The van der Waals surface area contributed by atoms with Crippen LogP contribution in [0.4, 0.5) is 0 Å². The summed E-state index contributed by atoms with van der Waals surface area (Å²) in [6, 6.07) is 27.5. The van der Waals surface area contributed by atoms with Crippen molar-refractivity contribution < 1.29 is 14.3 Å². The molecule has 0 saturated carbocycles. The van der Waals surface area contributed by atoms with E-state index >= 15 is 0 Å². The Morgan fingerprint density at radius 3 is 2.06 bits per heavy atom. The fraction of sp³-hybridized carbons (Fsp3) is 0.231. The summed E-state index contributed by atoms with van der Waals surface area (Å²) in [7, 11) is 0. The fourth-order valence-electron chi connectivity index (χ4n) is 3.30. The third-order valence-electron chi connectivity index (χ3n) is 4.85. The summed E-state index contributed by atoms with van der Waals surface area (Å²) in [6.45, 7) is 2.70. The molecule has 0 fully saturated rings. The first-order valence-corrected chi connectivity index (χ1v) is 10.5. The van der Waals surface area contributed by atoms with Crippen molar-refractivity contribution in [3.63, 3.8) is 0 Å². The van der Waals surface area contributed by atoms with E-state index in [9.17, 15) is 9.59 Å². The van der Waals surface area contributed by atoms with Gasteiger partial charge in [-0.25, -0.2) is 0 Å². The van der Waals surface area contributed by atoms with E-state index in [0.717, 1.165) is 17.5 Å². The Labute approximate surface area is 183 Å². The van der Waals surface area contributed by atoms with E-state index in [4.69, 9.17) is 4.74 Å². The van der Waals surface area contributed by atoms with Crippen LogP contribution in [0.5, 0.6) is 5.75 Å². The number of nitrogens with zero attached hydrogens (tertiary/aromatic N) is 1. The topological polar surface area (TPSA) is 58.6 Å². The predicted octanol–water partition coefficient (Wildman–Crippen LogP) is 4.36. The van der Waals surface area contributed by atoms with Crippen molar-refractivity contribution in [2.75, 3.05) is 13.2 Å². The zero-order chi connectivity index (χ0) is 21.9. The van der Waals surface area contributed by atoms with E-state index in [1.54, 1.807) is 17.0 Å². The van der Waals surface area contributed by atoms with Gasteiger partial charge < -0.3 is 15.0 Å². The molecule has 5 nitrogen and oxygen atoms in total. The Morgan fingerprint density at radius 1 is 0.871 bits per heavy atom. The number of ether oxygens (including phenoxy) is 1. The summed E-state index contributed by atoms with van der Waals surface area (Å²) < 4.78 is 5.71. The zero-order valence-corrected chi connectivity index (χ0v) is 17.7. The molecule has 0 aliphatic heterocycles. The molecule has 160 valence electrons. The van der Waals surface area contributed by atoms with Gasteiger partial charge in [0.05, 0.1) is 0 Å². The van der Waals surface area contributed by atoms with Crippen LogP contribution in [0.2, 0.25) is 0 Å². The van der Waals surface area contributed by atoms with Gasteiger partial charge >= 0.3 is 0 Å². The summed E-state index contributed by atoms with van der Waals surface area (Å²) in [5, 5.41) is 2.95. The summed E-state index contributed by atoms with van der Waals surface area (Å²) in [4.78, 5) is 28.1. The zero-order valence-electron chi connectivity index (χ0n) is 17.7. The molecule has 5 heteroatoms. The Balaban J connectivity index is 1.90. The molecule has 1 N–H and O–H groups in total. The van der Waals surface area contributed by atoms with Gasteiger partial charge in [0.1, 0.15) is 11.8 Å². The maximum atomic E-state index is 13.3. The predicted molar refractivity (Wildman–Crippen MR) is 121 cm³/mol. The molecule has 0 unspecified atom stereocenters. The molecular formula is C26H28N2O3. The number of nitrogens with one attached hydrogen (secondary N) is 1. The number of carbonyl (C=O) groups is 2. The van der Waals surface area contributed by atoms with Crippen molar-refractivity contribution >= 4 is 11.8 Å². The molecule has 0 aliphatic carbocycles. The van der Waals surface area contributed by atoms with Crippen LogP contribution < -0.4 is 10.1 Å². The van der Waals surface area contributed by atoms with Gasteiger partial charge in [0.15, 0.2) is 6.61 Å². The van der Waals surface area contributed by atoms with Crippen molar-refractivity contribution in [2.24, 2.45) is 0 Å². The number of hydrogen-bond donors (Lipinski definition) is 1. The van der Waals surface area contributed by atoms with E-state index in [1.807, 2.05) is 85.8 Å². The highest BCUT2D eigenvalue weighted by Crippen LogP contribution is 2.24. The molecular weight excluding hydrogens is 388 g/mol. The highest BCUT2D eigenvalue weighted by Gasteiger charge is 2.31. The molecule has 0 radical (unpaired) electrons. The Bertz CT molecular complexity index is 946. The van der Waals surface area contributed by atoms with Crippen LogP contribution in [0.15, 0.2) is 91.0 Å². The molecule has 1 atom stereocenters. The van der Waals surface area contributed by atoms with E-state index in [1.165, 1.54) is 0 Å². The smallest absolute Gasteiger partial charge is 0.261 e. The van der Waals surface area contributed by atoms with Gasteiger partial charge in [-0.1, -0.05) is 85.8 Å². The first-order valence-electron chi connectivity index (χ1n) is 10.5. The van der Waals surface area contributed by atoms with Crippen molar-refractivity contribution in [2.45, 2.75) is 25.9 Å². The number of carbonyl (C=O) groups excluding carboxylic acids is 2. The second-order valence-electron chi connectivity index (χ2n) is 7.21. The summed E-state index contributed by atoms with van der Waals surface area (Å²) in [6.07, 6.45) is 0.816. The van der Waals surface area contributed by atoms with Crippen LogP contribution in [0.1, 0.15) is 30.5 Å². The Hall–Kier alpha value is -3.60. The molecule has 0 aromatic heterocycles. The van der Waals surface area contributed by atoms with Crippen LogP contribution in [-0.2, 0) is 16.1 Å². The lowest BCUT2D eigenvalue weighted by atomic mass is 10.0. The van der Waals surface area contributed by atoms with E-state index in [-0.39, 0.29) is 18.4 Å². The molecule has 0 aliphatic rings. The third kappa shape index (κ3) is 6.44. The van der Waals surface area contributed by atoms with Gasteiger partial charge in [0, 0.05) is 13.1 Å². The van der Waals surface area contributed by atoms with E-state index < -0.39 is 6.04 Å². The lowest BCUT2D eigenvalue weighted by Gasteiger charge is -2.31. The Morgan fingerprint density at radius 2 is 1.45 bits per heavy atom. The average molecular weight is 417 g/mol. The SMILES string of the molecule is CCCNC(=O)[C@H](c1ccccc1)N(Cc1ccccc1)C(=O)COc1ccccc1. The second kappa shape index (κ2) is 11.6. The van der Waals surface area contributed by atoms with Crippen molar-refractivity contribution in [3.8, 4) is 5.75 Å². The molecule has 3 aromatic carbocycles. The third-order valence-corrected chi connectivity index (χ3v) is 4.85. The van der Waals surface area contributed by atoms with Crippen molar-refractivity contribution in [1.29, 1.82) is 0 Å². The highest BCUT2D eigenvalue weighted by atomic mass is 16.5. The quantitative estimate of drug-likeness (QED) is 0.534. The maximum Gasteiger partial charge on any atom is 0.261 e. The normalized spacial score (nSPS) is 11.4. The Kier molecular flexibility index (Phi) is 8.23. The minimum absolute atomic E-state index is 0.152. The van der Waals surface area contributed by atoms with Gasteiger partial charge in [-0.05, 0) is 29.7 Å². The highest BCUT2D eigenvalue weighted by molar-refractivity contribution is 5.89. The maximum absolute atomic E-state index is 13.3. The van der Waals surface area contributed by atoms with Crippen molar-refractivity contribution in [3.05, 3.63) is 102 Å². The van der Waals surface area contributed by atoms with Crippen LogP contribution in [-0.4, -0.2) is 29.9 Å². The molecule has 0 spiro atoms. The number of amides is 2. The van der Waals surface area contributed by atoms with Gasteiger partial charge in [-0.15, -0.1) is 0 Å². The first-order chi connectivity index (χ1) is 15.2. The fourth-order valence-corrected chi connectivity index (χ4v) is 3.30. The van der Waals surface area contributed by atoms with Crippen LogP contribution >= 0.6 is 0 Å². The molecule has 0 bridgehead atoms. The van der Waals surface area contributed by atoms with Crippen LogP contribution in [0.3, 0.4) is 0 Å². The lowest BCUT2D eigenvalue weighted by molar-refractivity contribution is -0.143. The molecule has 3 rings (SSSR count). The number of rotatable bonds is 10. The number of hydrogen-bond acceptors (Lipinski definition) is 3. The van der Waals surface area contributed by atoms with Gasteiger partial charge in [-0.2, -0.15) is 0 Å². The van der Waals surface area contributed by atoms with E-state index in [0.29, 0.717) is 18.8 Å². The number of benzene rings is 3. The summed E-state index contributed by atoms with van der Waals surface area (Å²) in [5.74, 6) is 0.160. The monoisotopic (exact) mass is 416 g/mol. The van der Waals surface area contributed by atoms with Gasteiger partial charge in [0.25, 0.3) is 5.91 Å². The summed E-state index contributed by atoms with van der Waals surface area (Å²) in [5.41, 5.74) is 1.71.